The molecule has 0 atom stereocenters. The molecule has 1 N–H and O–H groups in total. The molecule has 0 radical (unpaired) electrons. The lowest BCUT2D eigenvalue weighted by Crippen LogP contribution is -1.98. The number of rotatable bonds is 1. The normalized spacial score (nSPS) is 10.3. The van der Waals surface area contributed by atoms with Gasteiger partial charge in [-0.2, -0.15) is 0 Å². The van der Waals surface area contributed by atoms with Gasteiger partial charge in [0.1, 0.15) is 0 Å². The van der Waals surface area contributed by atoms with Gasteiger partial charge in [0, 0.05) is 0 Å². The fourth-order valence-corrected chi connectivity index (χ4v) is 0.875. The summed E-state index contributed by atoms with van der Waals surface area (Å²) in [6.45, 7) is 0. The van der Waals surface area contributed by atoms with Gasteiger partial charge >= 0.3 is 5.97 Å². The fraction of sp³-hybridized carbons (Fsp3) is 0. The SMILES string of the molecule is O=C(O)c1ccc2cnoc2n1. The van der Waals surface area contributed by atoms with E-state index in [1.807, 2.05) is 0 Å². The van der Waals surface area contributed by atoms with Crippen LogP contribution in [0, 0.1) is 0 Å². The highest BCUT2D eigenvalue weighted by Gasteiger charge is 2.06. The number of carbonyl (C=O) groups is 1. The highest BCUT2D eigenvalue weighted by Crippen LogP contribution is 2.10. The Morgan fingerprint density at radius 1 is 1.50 bits per heavy atom. The number of hydrogen-bond donors (Lipinski definition) is 1. The summed E-state index contributed by atoms with van der Waals surface area (Å²) in [4.78, 5) is 14.1. The van der Waals surface area contributed by atoms with Crippen molar-refractivity contribution >= 4 is 17.1 Å². The largest absolute Gasteiger partial charge is 0.477 e. The highest BCUT2D eigenvalue weighted by atomic mass is 16.5. The second kappa shape index (κ2) is 2.30. The van der Waals surface area contributed by atoms with Crippen LogP contribution in [-0.4, -0.2) is 21.2 Å². The van der Waals surface area contributed by atoms with E-state index in [1.165, 1.54) is 12.3 Å². The molecule has 2 aromatic rings. The van der Waals surface area contributed by atoms with Gasteiger partial charge in [-0.05, 0) is 12.1 Å². The van der Waals surface area contributed by atoms with Crippen molar-refractivity contribution in [1.82, 2.24) is 10.1 Å². The molecule has 0 bridgehead atoms. The summed E-state index contributed by atoms with van der Waals surface area (Å²) in [5.74, 6) is -1.08. The number of carboxylic acids is 1. The van der Waals surface area contributed by atoms with Crippen molar-refractivity contribution in [2.24, 2.45) is 0 Å². The third-order valence-electron chi connectivity index (χ3n) is 1.44. The number of fused-ring (bicyclic) bond motifs is 1. The van der Waals surface area contributed by atoms with Crippen LogP contribution in [0.15, 0.2) is 22.9 Å². The summed E-state index contributed by atoms with van der Waals surface area (Å²) in [6.07, 6.45) is 1.48. The van der Waals surface area contributed by atoms with Crippen molar-refractivity contribution in [3.63, 3.8) is 0 Å². The van der Waals surface area contributed by atoms with Crippen LogP contribution in [0.3, 0.4) is 0 Å². The summed E-state index contributed by atoms with van der Waals surface area (Å²) in [5, 5.41) is 12.7. The van der Waals surface area contributed by atoms with Crippen molar-refractivity contribution in [2.75, 3.05) is 0 Å². The minimum absolute atomic E-state index is 0.0424. The van der Waals surface area contributed by atoms with Gasteiger partial charge in [-0.3, -0.25) is 0 Å². The number of aromatic carboxylic acids is 1. The van der Waals surface area contributed by atoms with Crippen molar-refractivity contribution < 1.29 is 14.4 Å². The predicted molar refractivity (Wildman–Crippen MR) is 38.8 cm³/mol. The van der Waals surface area contributed by atoms with E-state index in [-0.39, 0.29) is 11.4 Å². The maximum absolute atomic E-state index is 10.4. The molecule has 0 aliphatic carbocycles. The first-order chi connectivity index (χ1) is 5.77. The molecular weight excluding hydrogens is 160 g/mol. The summed E-state index contributed by atoms with van der Waals surface area (Å²) in [6, 6.07) is 3.00. The molecule has 2 heterocycles. The second-order valence-corrected chi connectivity index (χ2v) is 2.22. The second-order valence-electron chi connectivity index (χ2n) is 2.22. The third-order valence-corrected chi connectivity index (χ3v) is 1.44. The van der Waals surface area contributed by atoms with Crippen molar-refractivity contribution in [2.45, 2.75) is 0 Å². The Balaban J connectivity index is 2.68. The summed E-state index contributed by atoms with van der Waals surface area (Å²) >= 11 is 0. The molecule has 0 aliphatic rings. The van der Waals surface area contributed by atoms with E-state index < -0.39 is 5.97 Å². The Morgan fingerprint density at radius 2 is 2.33 bits per heavy atom. The van der Waals surface area contributed by atoms with E-state index in [1.54, 1.807) is 6.07 Å². The predicted octanol–water partition coefficient (Wildman–Crippen LogP) is 0.921. The molecule has 0 aliphatic heterocycles. The minimum atomic E-state index is -1.08. The number of pyridine rings is 1. The zero-order valence-corrected chi connectivity index (χ0v) is 5.89. The van der Waals surface area contributed by atoms with Crippen LogP contribution in [0.5, 0.6) is 0 Å². The average molecular weight is 164 g/mol. The standard InChI is InChI=1S/C7H4N2O3/c10-7(11)5-2-1-4-3-8-12-6(4)9-5/h1-3H,(H,10,11). The molecule has 0 spiro atoms. The molecule has 5 heteroatoms. The first-order valence-corrected chi connectivity index (χ1v) is 3.22. The monoisotopic (exact) mass is 164 g/mol. The topological polar surface area (TPSA) is 76.2 Å². The van der Waals surface area contributed by atoms with Crippen LogP contribution in [-0.2, 0) is 0 Å². The van der Waals surface area contributed by atoms with Gasteiger partial charge < -0.3 is 9.63 Å². The van der Waals surface area contributed by atoms with Gasteiger partial charge in [0.15, 0.2) is 5.69 Å². The Labute approximate surface area is 66.6 Å². The lowest BCUT2D eigenvalue weighted by atomic mass is 10.3. The highest BCUT2D eigenvalue weighted by molar-refractivity contribution is 5.88. The molecule has 2 aromatic heterocycles. The van der Waals surface area contributed by atoms with Gasteiger partial charge in [-0.25, -0.2) is 9.78 Å². The molecule has 0 fully saturated rings. The van der Waals surface area contributed by atoms with Gasteiger partial charge in [-0.15, -0.1) is 0 Å². The lowest BCUT2D eigenvalue weighted by molar-refractivity contribution is 0.0690. The molecule has 0 saturated carbocycles. The molecular formula is C7H4N2O3. The van der Waals surface area contributed by atoms with E-state index >= 15 is 0 Å². The van der Waals surface area contributed by atoms with Crippen LogP contribution >= 0.6 is 0 Å². The summed E-state index contributed by atoms with van der Waals surface area (Å²) < 4.78 is 4.68. The van der Waals surface area contributed by atoms with Gasteiger partial charge in [0.05, 0.1) is 11.6 Å². The van der Waals surface area contributed by atoms with E-state index in [9.17, 15) is 4.79 Å². The fourth-order valence-electron chi connectivity index (χ4n) is 0.875. The molecule has 0 saturated heterocycles. The van der Waals surface area contributed by atoms with Gasteiger partial charge in [0.2, 0.25) is 0 Å². The number of nitrogens with zero attached hydrogens (tertiary/aromatic N) is 2. The first-order valence-electron chi connectivity index (χ1n) is 3.22. The van der Waals surface area contributed by atoms with Crippen LogP contribution in [0.25, 0.3) is 11.1 Å². The van der Waals surface area contributed by atoms with E-state index in [0.29, 0.717) is 5.39 Å². The van der Waals surface area contributed by atoms with Crippen molar-refractivity contribution in [1.29, 1.82) is 0 Å². The van der Waals surface area contributed by atoms with Crippen molar-refractivity contribution in [3.05, 3.63) is 24.0 Å². The Hall–Kier alpha value is -1.91. The zero-order valence-electron chi connectivity index (χ0n) is 5.89. The molecule has 5 nitrogen and oxygen atoms in total. The quantitative estimate of drug-likeness (QED) is 0.678. The first kappa shape index (κ1) is 6.78. The Kier molecular flexibility index (Phi) is 1.30. The molecule has 60 valence electrons. The van der Waals surface area contributed by atoms with Crippen LogP contribution in [0.4, 0.5) is 0 Å². The molecule has 0 amide bonds. The minimum Gasteiger partial charge on any atom is -0.477 e. The Bertz CT molecular complexity index is 435. The maximum Gasteiger partial charge on any atom is 0.354 e. The molecule has 0 unspecified atom stereocenters. The number of aromatic nitrogens is 2. The summed E-state index contributed by atoms with van der Waals surface area (Å²) in [7, 11) is 0. The van der Waals surface area contributed by atoms with E-state index in [4.69, 9.17) is 5.11 Å². The summed E-state index contributed by atoms with van der Waals surface area (Å²) in [5.41, 5.74) is 0.203. The number of carboxylic acid groups (broad SMARTS) is 1. The Morgan fingerprint density at radius 3 is 3.08 bits per heavy atom. The lowest BCUT2D eigenvalue weighted by Gasteiger charge is -1.89. The van der Waals surface area contributed by atoms with E-state index in [2.05, 4.69) is 14.7 Å². The van der Waals surface area contributed by atoms with E-state index in [0.717, 1.165) is 0 Å². The molecule has 2 rings (SSSR count). The molecule has 0 aromatic carbocycles. The van der Waals surface area contributed by atoms with Crippen LogP contribution in [0.1, 0.15) is 10.5 Å². The maximum atomic E-state index is 10.4. The molecule has 12 heavy (non-hydrogen) atoms. The average Bonchev–Trinajstić information content (AvgIpc) is 2.49. The third kappa shape index (κ3) is 0.914. The van der Waals surface area contributed by atoms with Gasteiger partial charge in [-0.1, -0.05) is 5.16 Å². The van der Waals surface area contributed by atoms with Crippen LogP contribution < -0.4 is 0 Å². The van der Waals surface area contributed by atoms with Crippen LogP contribution in [0.2, 0.25) is 0 Å². The van der Waals surface area contributed by atoms with Crippen molar-refractivity contribution in [3.8, 4) is 0 Å². The zero-order chi connectivity index (χ0) is 8.55. The van der Waals surface area contributed by atoms with Gasteiger partial charge in [0.25, 0.3) is 5.71 Å². The number of hydrogen-bond acceptors (Lipinski definition) is 4. The smallest absolute Gasteiger partial charge is 0.354 e.